The Hall–Kier alpha value is -1.99. The molecule has 0 bridgehead atoms. The van der Waals surface area contributed by atoms with Crippen LogP contribution in [-0.2, 0) is 4.74 Å². The molecule has 1 heterocycles. The maximum Gasteiger partial charge on any atom is 0.275 e. The van der Waals surface area contributed by atoms with Gasteiger partial charge < -0.3 is 15.4 Å². The molecule has 2 rings (SSSR count). The number of rotatable bonds is 7. The summed E-state index contributed by atoms with van der Waals surface area (Å²) < 4.78 is 5.78. The quantitative estimate of drug-likeness (QED) is 0.738. The minimum absolute atomic E-state index is 0.262. The Morgan fingerprint density at radius 2 is 2.09 bits per heavy atom. The van der Waals surface area contributed by atoms with Crippen LogP contribution in [0.15, 0.2) is 41.1 Å². The Balaban J connectivity index is 1.92. The van der Waals surface area contributed by atoms with E-state index in [0.717, 1.165) is 17.4 Å². The highest BCUT2D eigenvalue weighted by Gasteiger charge is 2.10. The Kier molecular flexibility index (Phi) is 6.29. The molecule has 2 aromatic rings. The minimum Gasteiger partial charge on any atom is -0.385 e. The lowest BCUT2D eigenvalue weighted by Crippen LogP contribution is -2.15. The van der Waals surface area contributed by atoms with Gasteiger partial charge in [0.25, 0.3) is 5.91 Å². The van der Waals surface area contributed by atoms with Crippen molar-refractivity contribution >= 4 is 33.3 Å². The Morgan fingerprint density at radius 1 is 1.27 bits per heavy atom. The van der Waals surface area contributed by atoms with Crippen LogP contribution in [0.25, 0.3) is 0 Å². The number of benzene rings is 1. The van der Waals surface area contributed by atoms with Crippen LogP contribution < -0.4 is 10.6 Å². The van der Waals surface area contributed by atoms with Crippen LogP contribution in [0.4, 0.5) is 11.5 Å². The van der Waals surface area contributed by atoms with Gasteiger partial charge in [-0.25, -0.2) is 9.97 Å². The fourth-order valence-corrected chi connectivity index (χ4v) is 2.10. The third-order valence-electron chi connectivity index (χ3n) is 2.84. The number of aromatic nitrogens is 2. The standard InChI is InChI=1S/C15H17BrN4O2/c1-22-8-4-7-17-14-10-18-13(9-19-14)15(21)20-12-6-3-2-5-11(12)16/h2-3,5-6,9-10H,4,7-8H2,1H3,(H,17,19)(H,20,21). The van der Waals surface area contributed by atoms with Crippen molar-refractivity contribution in [1.82, 2.24) is 9.97 Å². The van der Waals surface area contributed by atoms with Gasteiger partial charge in [-0.2, -0.15) is 0 Å². The molecule has 2 N–H and O–H groups in total. The second-order valence-corrected chi connectivity index (χ2v) is 5.35. The van der Waals surface area contributed by atoms with Crippen LogP contribution in [0.2, 0.25) is 0 Å². The van der Waals surface area contributed by atoms with Gasteiger partial charge in [0.2, 0.25) is 0 Å². The topological polar surface area (TPSA) is 76.1 Å². The molecule has 1 aromatic carbocycles. The molecule has 0 spiro atoms. The van der Waals surface area contributed by atoms with Gasteiger partial charge in [-0.3, -0.25) is 4.79 Å². The van der Waals surface area contributed by atoms with Crippen molar-refractivity contribution in [3.05, 3.63) is 46.8 Å². The van der Waals surface area contributed by atoms with Gasteiger partial charge in [-0.1, -0.05) is 12.1 Å². The van der Waals surface area contributed by atoms with Crippen molar-refractivity contribution in [2.45, 2.75) is 6.42 Å². The maximum atomic E-state index is 12.1. The summed E-state index contributed by atoms with van der Waals surface area (Å²) in [5, 5.41) is 5.89. The van der Waals surface area contributed by atoms with E-state index in [1.54, 1.807) is 19.4 Å². The number of nitrogens with one attached hydrogen (secondary N) is 2. The summed E-state index contributed by atoms with van der Waals surface area (Å²) >= 11 is 3.38. The van der Waals surface area contributed by atoms with Gasteiger partial charge in [-0.15, -0.1) is 0 Å². The molecular weight excluding hydrogens is 348 g/mol. The molecule has 0 saturated heterocycles. The van der Waals surface area contributed by atoms with Crippen LogP contribution in [0.3, 0.4) is 0 Å². The average molecular weight is 365 g/mol. The lowest BCUT2D eigenvalue weighted by Gasteiger charge is -2.07. The first-order valence-corrected chi connectivity index (χ1v) is 7.60. The van der Waals surface area contributed by atoms with Gasteiger partial charge in [-0.05, 0) is 34.5 Å². The Labute approximate surface area is 137 Å². The van der Waals surface area contributed by atoms with E-state index in [-0.39, 0.29) is 11.6 Å². The average Bonchev–Trinajstić information content (AvgIpc) is 2.54. The minimum atomic E-state index is -0.301. The number of carbonyl (C=O) groups excluding carboxylic acids is 1. The van der Waals surface area contributed by atoms with Crippen molar-refractivity contribution in [2.75, 3.05) is 30.9 Å². The first-order chi connectivity index (χ1) is 10.7. The van der Waals surface area contributed by atoms with Crippen molar-refractivity contribution < 1.29 is 9.53 Å². The van der Waals surface area contributed by atoms with Crippen LogP contribution in [-0.4, -0.2) is 36.1 Å². The number of amides is 1. The molecule has 0 aliphatic heterocycles. The second kappa shape index (κ2) is 8.45. The maximum absolute atomic E-state index is 12.1. The monoisotopic (exact) mass is 364 g/mol. The third kappa shape index (κ3) is 4.78. The summed E-state index contributed by atoms with van der Waals surface area (Å²) in [5.74, 6) is 0.332. The molecule has 0 fully saturated rings. The van der Waals surface area contributed by atoms with E-state index in [1.165, 1.54) is 6.20 Å². The van der Waals surface area contributed by atoms with Crippen LogP contribution in [0.5, 0.6) is 0 Å². The lowest BCUT2D eigenvalue weighted by molar-refractivity contribution is 0.102. The first kappa shape index (κ1) is 16.4. The molecule has 116 valence electrons. The van der Waals surface area contributed by atoms with E-state index in [2.05, 4.69) is 36.5 Å². The number of ether oxygens (including phenoxy) is 1. The Morgan fingerprint density at radius 3 is 2.77 bits per heavy atom. The van der Waals surface area contributed by atoms with Crippen molar-refractivity contribution in [3.8, 4) is 0 Å². The molecule has 22 heavy (non-hydrogen) atoms. The van der Waals surface area contributed by atoms with Gasteiger partial charge in [0, 0.05) is 24.7 Å². The largest absolute Gasteiger partial charge is 0.385 e. The number of methoxy groups -OCH3 is 1. The predicted molar refractivity (Wildman–Crippen MR) is 89.1 cm³/mol. The number of hydrogen-bond acceptors (Lipinski definition) is 5. The van der Waals surface area contributed by atoms with E-state index in [0.29, 0.717) is 18.1 Å². The first-order valence-electron chi connectivity index (χ1n) is 6.81. The SMILES string of the molecule is COCCCNc1cnc(C(=O)Nc2ccccc2Br)cn1. The third-order valence-corrected chi connectivity index (χ3v) is 3.53. The molecule has 1 amide bonds. The molecule has 0 aliphatic carbocycles. The van der Waals surface area contributed by atoms with E-state index >= 15 is 0 Å². The molecule has 0 saturated carbocycles. The number of halogens is 1. The highest BCUT2D eigenvalue weighted by molar-refractivity contribution is 9.10. The van der Waals surface area contributed by atoms with Crippen LogP contribution in [0.1, 0.15) is 16.9 Å². The molecule has 0 atom stereocenters. The fourth-order valence-electron chi connectivity index (χ4n) is 1.72. The number of hydrogen-bond donors (Lipinski definition) is 2. The van der Waals surface area contributed by atoms with Gasteiger partial charge in [0.05, 0.1) is 18.1 Å². The van der Waals surface area contributed by atoms with E-state index in [1.807, 2.05) is 18.2 Å². The normalized spacial score (nSPS) is 10.3. The molecule has 6 nitrogen and oxygen atoms in total. The fraction of sp³-hybridized carbons (Fsp3) is 0.267. The molecule has 0 aliphatic rings. The van der Waals surface area contributed by atoms with Gasteiger partial charge >= 0.3 is 0 Å². The van der Waals surface area contributed by atoms with Crippen LogP contribution in [0, 0.1) is 0 Å². The summed E-state index contributed by atoms with van der Waals surface area (Å²) in [4.78, 5) is 20.4. The second-order valence-electron chi connectivity index (χ2n) is 4.49. The highest BCUT2D eigenvalue weighted by atomic mass is 79.9. The summed E-state index contributed by atoms with van der Waals surface area (Å²) in [6.07, 6.45) is 3.87. The summed E-state index contributed by atoms with van der Waals surface area (Å²) in [5.41, 5.74) is 0.953. The number of carbonyl (C=O) groups is 1. The van der Waals surface area contributed by atoms with E-state index < -0.39 is 0 Å². The molecular formula is C15H17BrN4O2. The lowest BCUT2D eigenvalue weighted by atomic mass is 10.3. The zero-order valence-electron chi connectivity index (χ0n) is 12.2. The van der Waals surface area contributed by atoms with E-state index in [9.17, 15) is 4.79 Å². The smallest absolute Gasteiger partial charge is 0.275 e. The molecule has 0 unspecified atom stereocenters. The number of para-hydroxylation sites is 1. The van der Waals surface area contributed by atoms with Crippen molar-refractivity contribution in [2.24, 2.45) is 0 Å². The molecule has 7 heteroatoms. The number of nitrogens with zero attached hydrogens (tertiary/aromatic N) is 2. The molecule has 1 aromatic heterocycles. The van der Waals surface area contributed by atoms with Gasteiger partial charge in [0.1, 0.15) is 11.5 Å². The van der Waals surface area contributed by atoms with Crippen LogP contribution >= 0.6 is 15.9 Å². The summed E-state index contributed by atoms with van der Waals surface area (Å²) in [6.45, 7) is 1.43. The summed E-state index contributed by atoms with van der Waals surface area (Å²) in [7, 11) is 1.66. The molecule has 0 radical (unpaired) electrons. The zero-order chi connectivity index (χ0) is 15.8. The van der Waals surface area contributed by atoms with Crippen molar-refractivity contribution in [1.29, 1.82) is 0 Å². The highest BCUT2D eigenvalue weighted by Crippen LogP contribution is 2.21. The van der Waals surface area contributed by atoms with E-state index in [4.69, 9.17) is 4.74 Å². The zero-order valence-corrected chi connectivity index (χ0v) is 13.8. The summed E-state index contributed by atoms with van der Waals surface area (Å²) in [6, 6.07) is 7.39. The number of anilines is 2. The van der Waals surface area contributed by atoms with Gasteiger partial charge in [0.15, 0.2) is 0 Å². The van der Waals surface area contributed by atoms with Crippen molar-refractivity contribution in [3.63, 3.8) is 0 Å². The predicted octanol–water partition coefficient (Wildman–Crippen LogP) is 2.94. The Bertz CT molecular complexity index is 619.